The smallest absolute Gasteiger partial charge is 0.341 e. The summed E-state index contributed by atoms with van der Waals surface area (Å²) in [6.45, 7) is 6.44. The Morgan fingerprint density at radius 3 is 2.70 bits per heavy atom. The van der Waals surface area contributed by atoms with Gasteiger partial charge in [0.1, 0.15) is 5.00 Å². The van der Waals surface area contributed by atoms with Crippen molar-refractivity contribution in [3.05, 3.63) is 33.5 Å². The molecule has 0 saturated heterocycles. The average Bonchev–Trinajstić information content (AvgIpc) is 2.97. The van der Waals surface area contributed by atoms with E-state index in [1.54, 1.807) is 0 Å². The van der Waals surface area contributed by atoms with Gasteiger partial charge in [0.15, 0.2) is 5.11 Å². The first kappa shape index (κ1) is 17.4. The number of methoxy groups -OCH3 is 1. The Kier molecular flexibility index (Phi) is 5.38. The first-order valence-electron chi connectivity index (χ1n) is 7.05. The standard InChI is InChI=1S/C15H20N4O2S2/c1-8-10(3)23-13(12(8)14(20)21-5)18-15(22)16-6-11-7-17-19(4)9(11)2/h7H,6H2,1-5H3,(H2,16,18,22). The number of thiocarbonyl (C=S) groups is 1. The van der Waals surface area contributed by atoms with Crippen molar-refractivity contribution in [1.82, 2.24) is 15.1 Å². The topological polar surface area (TPSA) is 68.2 Å². The summed E-state index contributed by atoms with van der Waals surface area (Å²) in [7, 11) is 3.27. The number of nitrogens with zero attached hydrogens (tertiary/aromatic N) is 2. The summed E-state index contributed by atoms with van der Waals surface area (Å²) in [6, 6.07) is 0. The van der Waals surface area contributed by atoms with Gasteiger partial charge < -0.3 is 15.4 Å². The number of carbonyl (C=O) groups is 1. The van der Waals surface area contributed by atoms with Crippen LogP contribution in [0.3, 0.4) is 0 Å². The molecule has 0 atom stereocenters. The zero-order valence-electron chi connectivity index (χ0n) is 13.8. The van der Waals surface area contributed by atoms with Crippen LogP contribution in [0.1, 0.15) is 32.1 Å². The fourth-order valence-electron chi connectivity index (χ4n) is 2.10. The van der Waals surface area contributed by atoms with Gasteiger partial charge in [0.25, 0.3) is 0 Å². The fraction of sp³-hybridized carbons (Fsp3) is 0.400. The Balaban J connectivity index is 2.07. The van der Waals surface area contributed by atoms with Gasteiger partial charge in [0.05, 0.1) is 18.9 Å². The van der Waals surface area contributed by atoms with E-state index in [2.05, 4.69) is 15.7 Å². The van der Waals surface area contributed by atoms with Gasteiger partial charge in [0.2, 0.25) is 0 Å². The van der Waals surface area contributed by atoms with E-state index in [4.69, 9.17) is 17.0 Å². The van der Waals surface area contributed by atoms with Gasteiger partial charge in [-0.1, -0.05) is 0 Å². The highest BCUT2D eigenvalue weighted by atomic mass is 32.1. The van der Waals surface area contributed by atoms with Crippen molar-refractivity contribution in [2.24, 2.45) is 7.05 Å². The third-order valence-corrected chi connectivity index (χ3v) is 5.15. The molecule has 0 aliphatic carbocycles. The molecule has 124 valence electrons. The maximum Gasteiger partial charge on any atom is 0.341 e. The molecule has 6 nitrogen and oxygen atoms in total. The Morgan fingerprint density at radius 2 is 2.13 bits per heavy atom. The molecule has 2 heterocycles. The van der Waals surface area contributed by atoms with Crippen LogP contribution in [-0.2, 0) is 18.3 Å². The van der Waals surface area contributed by atoms with Crippen molar-refractivity contribution in [2.45, 2.75) is 27.3 Å². The lowest BCUT2D eigenvalue weighted by Gasteiger charge is -2.10. The predicted octanol–water partition coefficient (Wildman–Crippen LogP) is 2.68. The third kappa shape index (κ3) is 3.70. The maximum atomic E-state index is 11.9. The Bertz CT molecular complexity index is 749. The summed E-state index contributed by atoms with van der Waals surface area (Å²) >= 11 is 6.81. The van der Waals surface area contributed by atoms with Crippen LogP contribution in [0.5, 0.6) is 0 Å². The predicted molar refractivity (Wildman–Crippen MR) is 96.1 cm³/mol. The minimum Gasteiger partial charge on any atom is -0.465 e. The summed E-state index contributed by atoms with van der Waals surface area (Å²) in [6.07, 6.45) is 1.81. The number of thiophene rings is 1. The zero-order chi connectivity index (χ0) is 17.1. The van der Waals surface area contributed by atoms with Crippen molar-refractivity contribution in [3.63, 3.8) is 0 Å². The average molecular weight is 352 g/mol. The van der Waals surface area contributed by atoms with Crippen molar-refractivity contribution >= 4 is 39.6 Å². The molecule has 0 aromatic carbocycles. The van der Waals surface area contributed by atoms with Crippen LogP contribution in [0.4, 0.5) is 5.00 Å². The molecule has 2 aromatic heterocycles. The van der Waals surface area contributed by atoms with Gasteiger partial charge in [0, 0.05) is 29.7 Å². The Labute approximate surface area is 144 Å². The van der Waals surface area contributed by atoms with Gasteiger partial charge in [-0.2, -0.15) is 5.10 Å². The Hall–Kier alpha value is -1.93. The minimum absolute atomic E-state index is 0.361. The van der Waals surface area contributed by atoms with Crippen LogP contribution >= 0.6 is 23.6 Å². The number of hydrogen-bond donors (Lipinski definition) is 2. The monoisotopic (exact) mass is 352 g/mol. The van der Waals surface area contributed by atoms with Gasteiger partial charge in [-0.3, -0.25) is 4.68 Å². The molecule has 0 saturated carbocycles. The first-order chi connectivity index (χ1) is 10.8. The third-order valence-electron chi connectivity index (χ3n) is 3.78. The summed E-state index contributed by atoms with van der Waals surface area (Å²) in [5, 5.41) is 11.6. The number of carbonyl (C=O) groups excluding carboxylic acids is 1. The molecular weight excluding hydrogens is 332 g/mol. The van der Waals surface area contributed by atoms with Crippen LogP contribution in [-0.4, -0.2) is 28.0 Å². The lowest BCUT2D eigenvalue weighted by molar-refractivity contribution is 0.0601. The number of aromatic nitrogens is 2. The van der Waals surface area contributed by atoms with E-state index in [1.165, 1.54) is 18.4 Å². The summed E-state index contributed by atoms with van der Waals surface area (Å²) < 4.78 is 6.67. The second-order valence-corrected chi connectivity index (χ2v) is 6.80. The van der Waals surface area contributed by atoms with E-state index < -0.39 is 0 Å². The minimum atomic E-state index is -0.361. The molecule has 0 bridgehead atoms. The highest BCUT2D eigenvalue weighted by Crippen LogP contribution is 2.32. The zero-order valence-corrected chi connectivity index (χ0v) is 15.4. The molecule has 0 aliphatic rings. The van der Waals surface area contributed by atoms with Crippen molar-refractivity contribution < 1.29 is 9.53 Å². The van der Waals surface area contributed by atoms with Gasteiger partial charge >= 0.3 is 5.97 Å². The molecule has 23 heavy (non-hydrogen) atoms. The molecule has 2 aromatic rings. The number of esters is 1. The maximum absolute atomic E-state index is 11.9. The quantitative estimate of drug-likeness (QED) is 0.651. The highest BCUT2D eigenvalue weighted by molar-refractivity contribution is 7.80. The van der Waals surface area contributed by atoms with Crippen molar-refractivity contribution in [1.29, 1.82) is 0 Å². The molecule has 0 fully saturated rings. The molecule has 0 unspecified atom stereocenters. The number of ether oxygens (including phenoxy) is 1. The highest BCUT2D eigenvalue weighted by Gasteiger charge is 2.20. The Morgan fingerprint density at radius 1 is 1.43 bits per heavy atom. The van der Waals surface area contributed by atoms with E-state index in [1.807, 2.05) is 38.7 Å². The van der Waals surface area contributed by atoms with Gasteiger partial charge in [-0.15, -0.1) is 11.3 Å². The normalized spacial score (nSPS) is 10.5. The van der Waals surface area contributed by atoms with Gasteiger partial charge in [-0.05, 0) is 38.6 Å². The van der Waals surface area contributed by atoms with Crippen LogP contribution in [0.15, 0.2) is 6.20 Å². The fourth-order valence-corrected chi connectivity index (χ4v) is 3.40. The molecule has 2 N–H and O–H groups in total. The van der Waals surface area contributed by atoms with Crippen molar-refractivity contribution in [2.75, 3.05) is 12.4 Å². The number of aryl methyl sites for hydroxylation is 2. The summed E-state index contributed by atoms with van der Waals surface area (Å²) in [4.78, 5) is 13.0. The summed E-state index contributed by atoms with van der Waals surface area (Å²) in [5.74, 6) is -0.361. The number of anilines is 1. The van der Waals surface area contributed by atoms with E-state index in [9.17, 15) is 4.79 Å². The van der Waals surface area contributed by atoms with E-state index in [0.717, 1.165) is 21.7 Å². The number of hydrogen-bond acceptors (Lipinski definition) is 5. The number of rotatable bonds is 4. The second kappa shape index (κ2) is 7.10. The molecule has 2 rings (SSSR count). The molecule has 0 amide bonds. The SMILES string of the molecule is COC(=O)c1c(NC(=S)NCc2cnn(C)c2C)sc(C)c1C. The van der Waals surface area contributed by atoms with Crippen LogP contribution in [0, 0.1) is 20.8 Å². The first-order valence-corrected chi connectivity index (χ1v) is 8.28. The van der Waals surface area contributed by atoms with Gasteiger partial charge in [-0.25, -0.2) is 4.79 Å². The molecule has 8 heteroatoms. The van der Waals surface area contributed by atoms with Crippen molar-refractivity contribution in [3.8, 4) is 0 Å². The van der Waals surface area contributed by atoms with Crippen LogP contribution < -0.4 is 10.6 Å². The van der Waals surface area contributed by atoms with Crippen LogP contribution in [0.25, 0.3) is 0 Å². The lowest BCUT2D eigenvalue weighted by Crippen LogP contribution is -2.28. The molecular formula is C15H20N4O2S2. The van der Waals surface area contributed by atoms with E-state index >= 15 is 0 Å². The van der Waals surface area contributed by atoms with Crippen LogP contribution in [0.2, 0.25) is 0 Å². The molecule has 0 radical (unpaired) electrons. The lowest BCUT2D eigenvalue weighted by atomic mass is 10.1. The van der Waals surface area contributed by atoms with E-state index in [-0.39, 0.29) is 5.97 Å². The second-order valence-electron chi connectivity index (χ2n) is 5.17. The molecule has 0 spiro atoms. The molecule has 0 aliphatic heterocycles. The largest absolute Gasteiger partial charge is 0.465 e. The summed E-state index contributed by atoms with van der Waals surface area (Å²) in [5.41, 5.74) is 3.61. The van der Waals surface area contributed by atoms with E-state index in [0.29, 0.717) is 22.2 Å². The number of nitrogens with one attached hydrogen (secondary N) is 2.